The molecule has 1 atom stereocenters. The molecule has 0 radical (unpaired) electrons. The molecule has 6 nitrogen and oxygen atoms in total. The molecule has 2 aromatic carbocycles. The lowest BCUT2D eigenvalue weighted by molar-refractivity contribution is -0.124. The van der Waals surface area contributed by atoms with Crippen molar-refractivity contribution in [3.63, 3.8) is 0 Å². The molecule has 31 heavy (non-hydrogen) atoms. The number of carbonyl (C=O) groups excluding carboxylic acids is 1. The minimum Gasteiger partial charge on any atom is -0.347 e. The molecule has 0 unspecified atom stereocenters. The smallest absolute Gasteiger partial charge is 0.242 e. The van der Waals surface area contributed by atoms with Crippen LogP contribution < -0.4 is 5.32 Å². The van der Waals surface area contributed by atoms with Crippen LogP contribution in [-0.2, 0) is 20.2 Å². The van der Waals surface area contributed by atoms with Gasteiger partial charge in [-0.3, -0.25) is 4.79 Å². The number of rotatable bonds is 8. The van der Waals surface area contributed by atoms with E-state index in [1.807, 2.05) is 36.4 Å². The second-order valence-corrected chi connectivity index (χ2v) is 10.9. The van der Waals surface area contributed by atoms with E-state index in [9.17, 15) is 13.2 Å². The highest BCUT2D eigenvalue weighted by Crippen LogP contribution is 2.51. The number of hydrogen-bond acceptors (Lipinski definition) is 4. The van der Waals surface area contributed by atoms with Crippen LogP contribution in [-0.4, -0.2) is 57.3 Å². The normalized spacial score (nSPS) is 19.3. The Morgan fingerprint density at radius 1 is 1.03 bits per heavy atom. The maximum Gasteiger partial charge on any atom is 0.242 e. The van der Waals surface area contributed by atoms with Crippen molar-refractivity contribution in [2.75, 3.05) is 33.7 Å². The fourth-order valence-electron chi connectivity index (χ4n) is 4.47. The van der Waals surface area contributed by atoms with E-state index < -0.39 is 15.4 Å². The summed E-state index contributed by atoms with van der Waals surface area (Å²) in [5, 5.41) is 3.28. The van der Waals surface area contributed by atoms with Gasteiger partial charge < -0.3 is 10.2 Å². The number of amides is 1. The van der Waals surface area contributed by atoms with Crippen LogP contribution in [0.1, 0.15) is 42.9 Å². The quantitative estimate of drug-likeness (QED) is 0.684. The van der Waals surface area contributed by atoms with E-state index in [4.69, 9.17) is 0 Å². The molecule has 1 saturated carbocycles. The monoisotopic (exact) mass is 441 g/mol. The lowest BCUT2D eigenvalue weighted by Gasteiger charge is -2.28. The van der Waals surface area contributed by atoms with E-state index in [0.29, 0.717) is 18.4 Å². The maximum atomic E-state index is 13.6. The average Bonchev–Trinajstić information content (AvgIpc) is 3.43. The number of sulfonamides is 1. The van der Waals surface area contributed by atoms with Crippen molar-refractivity contribution < 1.29 is 13.2 Å². The van der Waals surface area contributed by atoms with E-state index >= 15 is 0 Å². The van der Waals surface area contributed by atoms with Crippen molar-refractivity contribution in [1.29, 1.82) is 0 Å². The van der Waals surface area contributed by atoms with Crippen molar-refractivity contribution in [2.45, 2.75) is 42.0 Å². The van der Waals surface area contributed by atoms with Gasteiger partial charge in [0.05, 0.1) is 16.4 Å². The molecule has 0 aromatic heterocycles. The second-order valence-electron chi connectivity index (χ2n) is 8.81. The van der Waals surface area contributed by atoms with E-state index in [0.717, 1.165) is 25.2 Å². The van der Waals surface area contributed by atoms with Gasteiger partial charge in [0, 0.05) is 20.6 Å². The van der Waals surface area contributed by atoms with Crippen LogP contribution >= 0.6 is 0 Å². The lowest BCUT2D eigenvalue weighted by Crippen LogP contribution is -2.42. The SMILES string of the molecule is CN(C)S(=O)(=O)c1ccccc1C1(C(=O)N[C@H](CN2CCCC2)c2ccccc2)CC1. The zero-order valence-corrected chi connectivity index (χ0v) is 19.1. The molecule has 166 valence electrons. The fourth-order valence-corrected chi connectivity index (χ4v) is 5.65. The summed E-state index contributed by atoms with van der Waals surface area (Å²) in [7, 11) is -0.596. The zero-order valence-electron chi connectivity index (χ0n) is 18.3. The van der Waals surface area contributed by atoms with Gasteiger partial charge in [0.1, 0.15) is 0 Å². The molecular weight excluding hydrogens is 410 g/mol. The zero-order chi connectivity index (χ0) is 22.1. The Bertz CT molecular complexity index is 1030. The van der Waals surface area contributed by atoms with E-state index in [2.05, 4.69) is 10.2 Å². The number of benzene rings is 2. The number of likely N-dealkylation sites (tertiary alicyclic amines) is 1. The number of carbonyl (C=O) groups is 1. The van der Waals surface area contributed by atoms with E-state index in [1.54, 1.807) is 18.2 Å². The number of nitrogens with zero attached hydrogens (tertiary/aromatic N) is 2. The van der Waals surface area contributed by atoms with Gasteiger partial charge in [0.25, 0.3) is 0 Å². The summed E-state index contributed by atoms with van der Waals surface area (Å²) in [4.78, 5) is 16.2. The Morgan fingerprint density at radius 2 is 1.65 bits per heavy atom. The van der Waals surface area contributed by atoms with Crippen LogP contribution in [0, 0.1) is 0 Å². The van der Waals surface area contributed by atoms with Crippen LogP contribution in [0.15, 0.2) is 59.5 Å². The summed E-state index contributed by atoms with van der Waals surface area (Å²) in [6.07, 6.45) is 3.69. The van der Waals surface area contributed by atoms with E-state index in [-0.39, 0.29) is 16.8 Å². The average molecular weight is 442 g/mol. The third-order valence-corrected chi connectivity index (χ3v) is 8.37. The highest BCUT2D eigenvalue weighted by atomic mass is 32.2. The Balaban J connectivity index is 1.63. The Kier molecular flexibility index (Phi) is 6.19. The van der Waals surface area contributed by atoms with Crippen molar-refractivity contribution >= 4 is 15.9 Å². The highest BCUT2D eigenvalue weighted by molar-refractivity contribution is 7.89. The third-order valence-electron chi connectivity index (χ3n) is 6.49. The second kappa shape index (κ2) is 8.73. The van der Waals surface area contributed by atoms with Gasteiger partial charge in [-0.25, -0.2) is 12.7 Å². The van der Waals surface area contributed by atoms with Gasteiger partial charge in [-0.15, -0.1) is 0 Å². The Morgan fingerprint density at radius 3 is 2.26 bits per heavy atom. The van der Waals surface area contributed by atoms with Crippen molar-refractivity contribution in [3.05, 3.63) is 65.7 Å². The molecule has 4 rings (SSSR count). The first kappa shape index (κ1) is 22.0. The van der Waals surface area contributed by atoms with Crippen LogP contribution in [0.2, 0.25) is 0 Å². The molecule has 1 aliphatic heterocycles. The van der Waals surface area contributed by atoms with Gasteiger partial charge in [0.2, 0.25) is 15.9 Å². The first-order chi connectivity index (χ1) is 14.8. The maximum absolute atomic E-state index is 13.6. The highest BCUT2D eigenvalue weighted by Gasteiger charge is 2.54. The van der Waals surface area contributed by atoms with Crippen LogP contribution in [0.4, 0.5) is 0 Å². The Labute approximate surface area is 185 Å². The summed E-state index contributed by atoms with van der Waals surface area (Å²) in [6.45, 7) is 2.87. The molecule has 1 aliphatic carbocycles. The van der Waals surface area contributed by atoms with Gasteiger partial charge in [-0.1, -0.05) is 48.5 Å². The molecule has 1 N–H and O–H groups in total. The number of hydrogen-bond donors (Lipinski definition) is 1. The first-order valence-electron chi connectivity index (χ1n) is 10.9. The lowest BCUT2D eigenvalue weighted by atomic mass is 9.94. The topological polar surface area (TPSA) is 69.7 Å². The largest absolute Gasteiger partial charge is 0.347 e. The Hall–Kier alpha value is -2.22. The summed E-state index contributed by atoms with van der Waals surface area (Å²) >= 11 is 0. The summed E-state index contributed by atoms with van der Waals surface area (Å²) < 4.78 is 27.0. The molecule has 2 aliphatic rings. The van der Waals surface area contributed by atoms with Crippen molar-refractivity contribution in [2.24, 2.45) is 0 Å². The summed E-state index contributed by atoms with van der Waals surface area (Å²) in [6, 6.07) is 16.9. The predicted octanol–water partition coefficient (Wildman–Crippen LogP) is 2.92. The molecule has 1 saturated heterocycles. The van der Waals surface area contributed by atoms with Crippen LogP contribution in [0.25, 0.3) is 0 Å². The molecule has 7 heteroatoms. The van der Waals surface area contributed by atoms with Crippen molar-refractivity contribution in [3.8, 4) is 0 Å². The molecular formula is C24H31N3O3S. The minimum absolute atomic E-state index is 0.0815. The molecule has 0 spiro atoms. The number of nitrogens with one attached hydrogen (secondary N) is 1. The summed E-state index contributed by atoms with van der Waals surface area (Å²) in [5.41, 5.74) is 0.902. The van der Waals surface area contributed by atoms with E-state index in [1.165, 1.54) is 31.2 Å². The third kappa shape index (κ3) is 4.40. The van der Waals surface area contributed by atoms with Crippen LogP contribution in [0.3, 0.4) is 0 Å². The molecule has 0 bridgehead atoms. The van der Waals surface area contributed by atoms with Gasteiger partial charge in [-0.2, -0.15) is 0 Å². The molecule has 2 fully saturated rings. The fraction of sp³-hybridized carbons (Fsp3) is 0.458. The summed E-state index contributed by atoms with van der Waals surface area (Å²) in [5.74, 6) is -0.0815. The first-order valence-corrected chi connectivity index (χ1v) is 12.4. The predicted molar refractivity (Wildman–Crippen MR) is 121 cm³/mol. The minimum atomic E-state index is -3.64. The van der Waals surface area contributed by atoms with Gasteiger partial charge in [-0.05, 0) is 56.0 Å². The molecule has 1 amide bonds. The molecule has 2 aromatic rings. The van der Waals surface area contributed by atoms with Gasteiger partial charge >= 0.3 is 0 Å². The standard InChI is InChI=1S/C24H31N3O3S/c1-26(2)31(29,30)22-13-7-6-12-20(22)24(14-15-24)23(28)25-21(18-27-16-8-9-17-27)19-10-4-3-5-11-19/h3-7,10-13,21H,8-9,14-18H2,1-2H3,(H,25,28)/t21-/m1/s1. The molecule has 1 heterocycles. The van der Waals surface area contributed by atoms with Crippen LogP contribution in [0.5, 0.6) is 0 Å². The van der Waals surface area contributed by atoms with Crippen molar-refractivity contribution in [1.82, 2.24) is 14.5 Å². The van der Waals surface area contributed by atoms with Gasteiger partial charge in [0.15, 0.2) is 0 Å².